The Morgan fingerprint density at radius 3 is 2.24 bits per heavy atom. The van der Waals surface area contributed by atoms with E-state index in [-0.39, 0.29) is 25.5 Å². The summed E-state index contributed by atoms with van der Waals surface area (Å²) in [5.41, 5.74) is 3.05. The van der Waals surface area contributed by atoms with Crippen LogP contribution in [0.4, 0.5) is 4.79 Å². The molecule has 8 nitrogen and oxygen atoms in total. The third-order valence-corrected chi connectivity index (χ3v) is 6.77. The molecule has 1 aliphatic carbocycles. The van der Waals surface area contributed by atoms with Gasteiger partial charge in [-0.3, -0.25) is 4.79 Å². The zero-order valence-electron chi connectivity index (χ0n) is 19.4. The number of nitrogens with zero attached hydrogens (tertiary/aromatic N) is 1. The van der Waals surface area contributed by atoms with Crippen molar-refractivity contribution in [1.82, 2.24) is 10.2 Å². The van der Waals surface area contributed by atoms with Crippen LogP contribution >= 0.6 is 0 Å². The van der Waals surface area contributed by atoms with Crippen LogP contribution in [0.1, 0.15) is 50.2 Å². The molecule has 0 radical (unpaired) electrons. The molecular formula is C26H30N2O6. The number of rotatable bonds is 7. The second kappa shape index (κ2) is 9.46. The summed E-state index contributed by atoms with van der Waals surface area (Å²) in [6, 6.07) is 14.9. The van der Waals surface area contributed by atoms with E-state index in [1.54, 1.807) is 6.92 Å². The van der Waals surface area contributed by atoms with Gasteiger partial charge >= 0.3 is 12.1 Å². The normalized spacial score (nSPS) is 20.9. The van der Waals surface area contributed by atoms with Gasteiger partial charge in [-0.25, -0.2) is 9.59 Å². The van der Waals surface area contributed by atoms with Crippen LogP contribution in [0, 0.1) is 0 Å². The van der Waals surface area contributed by atoms with Crippen LogP contribution in [0.15, 0.2) is 48.5 Å². The number of hydrogen-bond donors (Lipinski definition) is 3. The lowest BCUT2D eigenvalue weighted by molar-refractivity contribution is -0.150. The van der Waals surface area contributed by atoms with Gasteiger partial charge in [-0.05, 0) is 35.6 Å². The first-order valence-electron chi connectivity index (χ1n) is 11.6. The number of aliphatic hydroxyl groups excluding tert-OH is 1. The standard InChI is InChI=1S/C26H30N2O6/c1-3-12-26(2,24(32)28-14-16(29)13-22(28)23(30)31)27-25(33)34-15-21-19-10-6-4-8-17(19)18-9-5-7-11-20(18)21/h4-11,16,21-22,29H,3,12-15H2,1-2H3,(H,27,33)(H,30,31)/t16?,22-,26?/m0/s1. The molecule has 2 aromatic carbocycles. The second-order valence-corrected chi connectivity index (χ2v) is 9.23. The first kappa shape index (κ1) is 23.8. The number of carbonyl (C=O) groups excluding carboxylic acids is 2. The van der Waals surface area contributed by atoms with E-state index in [2.05, 4.69) is 17.4 Å². The number of fused-ring (bicyclic) bond motifs is 3. The number of aliphatic hydroxyl groups is 1. The van der Waals surface area contributed by atoms with Crippen molar-refractivity contribution in [3.05, 3.63) is 59.7 Å². The van der Waals surface area contributed by atoms with E-state index in [0.29, 0.717) is 12.8 Å². The quantitative estimate of drug-likeness (QED) is 0.577. The molecule has 1 heterocycles. The topological polar surface area (TPSA) is 116 Å². The van der Waals surface area contributed by atoms with Crippen LogP contribution < -0.4 is 5.32 Å². The third-order valence-electron chi connectivity index (χ3n) is 6.77. The molecule has 0 bridgehead atoms. The van der Waals surface area contributed by atoms with E-state index in [1.165, 1.54) is 0 Å². The Hall–Kier alpha value is -3.39. The largest absolute Gasteiger partial charge is 0.480 e. The van der Waals surface area contributed by atoms with E-state index in [4.69, 9.17) is 4.74 Å². The van der Waals surface area contributed by atoms with E-state index < -0.39 is 35.7 Å². The summed E-state index contributed by atoms with van der Waals surface area (Å²) in [5, 5.41) is 22.1. The smallest absolute Gasteiger partial charge is 0.408 e. The van der Waals surface area contributed by atoms with Crippen LogP contribution in [0.2, 0.25) is 0 Å². The minimum absolute atomic E-state index is 0.0335. The fraction of sp³-hybridized carbons (Fsp3) is 0.423. The molecule has 4 rings (SSSR count). The van der Waals surface area contributed by atoms with Crippen molar-refractivity contribution in [2.24, 2.45) is 0 Å². The molecule has 1 fully saturated rings. The molecule has 1 saturated heterocycles. The summed E-state index contributed by atoms with van der Waals surface area (Å²) >= 11 is 0. The average molecular weight is 467 g/mol. The van der Waals surface area contributed by atoms with Crippen LogP contribution in [-0.4, -0.2) is 63.9 Å². The number of likely N-dealkylation sites (tertiary alicyclic amines) is 1. The lowest BCUT2D eigenvalue weighted by Crippen LogP contribution is -2.59. The molecular weight excluding hydrogens is 436 g/mol. The Labute approximate surface area is 198 Å². The van der Waals surface area contributed by atoms with Gasteiger partial charge in [-0.2, -0.15) is 0 Å². The Balaban J connectivity index is 1.48. The van der Waals surface area contributed by atoms with Gasteiger partial charge in [0.1, 0.15) is 18.2 Å². The highest BCUT2D eigenvalue weighted by Crippen LogP contribution is 2.44. The molecule has 3 N–H and O–H groups in total. The Kier molecular flexibility index (Phi) is 6.61. The highest BCUT2D eigenvalue weighted by atomic mass is 16.5. The second-order valence-electron chi connectivity index (χ2n) is 9.23. The molecule has 1 aliphatic heterocycles. The van der Waals surface area contributed by atoms with Crippen molar-refractivity contribution in [3.63, 3.8) is 0 Å². The van der Waals surface area contributed by atoms with Crippen molar-refractivity contribution in [1.29, 1.82) is 0 Å². The van der Waals surface area contributed by atoms with Crippen LogP contribution in [0.25, 0.3) is 11.1 Å². The Morgan fingerprint density at radius 1 is 1.09 bits per heavy atom. The fourth-order valence-corrected chi connectivity index (χ4v) is 5.17. The number of carboxylic acid groups (broad SMARTS) is 1. The van der Waals surface area contributed by atoms with Gasteiger partial charge in [0.15, 0.2) is 0 Å². The minimum Gasteiger partial charge on any atom is -0.480 e. The molecule has 8 heteroatoms. The Morgan fingerprint density at radius 2 is 1.68 bits per heavy atom. The fourth-order valence-electron chi connectivity index (χ4n) is 5.17. The van der Waals surface area contributed by atoms with E-state index in [0.717, 1.165) is 27.2 Å². The van der Waals surface area contributed by atoms with Crippen LogP contribution in [0.3, 0.4) is 0 Å². The van der Waals surface area contributed by atoms with Crippen LogP contribution in [-0.2, 0) is 14.3 Å². The number of hydrogen-bond acceptors (Lipinski definition) is 5. The first-order valence-corrected chi connectivity index (χ1v) is 11.6. The number of nitrogens with one attached hydrogen (secondary N) is 1. The molecule has 180 valence electrons. The van der Waals surface area contributed by atoms with Gasteiger partial charge in [0, 0.05) is 18.9 Å². The number of β-amino-alcohol motifs (C(OH)–C–C–N with tert-alkyl or cyclic N) is 1. The minimum atomic E-state index is -1.35. The molecule has 34 heavy (non-hydrogen) atoms. The summed E-state index contributed by atoms with van der Waals surface area (Å²) in [6.45, 7) is 3.47. The summed E-state index contributed by atoms with van der Waals surface area (Å²) in [7, 11) is 0. The predicted molar refractivity (Wildman–Crippen MR) is 125 cm³/mol. The maximum atomic E-state index is 13.3. The van der Waals surface area contributed by atoms with Crippen LogP contribution in [0.5, 0.6) is 0 Å². The summed E-state index contributed by atoms with van der Waals surface area (Å²) in [6.07, 6.45) is -0.799. The zero-order valence-corrected chi connectivity index (χ0v) is 19.4. The highest BCUT2D eigenvalue weighted by molar-refractivity contribution is 5.93. The predicted octanol–water partition coefficient (Wildman–Crippen LogP) is 3.13. The molecule has 0 saturated carbocycles. The molecule has 0 aromatic heterocycles. The van der Waals surface area contributed by atoms with Gasteiger partial charge in [-0.1, -0.05) is 61.9 Å². The maximum Gasteiger partial charge on any atom is 0.408 e. The summed E-state index contributed by atoms with van der Waals surface area (Å²) in [5.74, 6) is -1.83. The van der Waals surface area contributed by atoms with Crippen molar-refractivity contribution < 1.29 is 29.3 Å². The summed E-state index contributed by atoms with van der Waals surface area (Å²) < 4.78 is 5.60. The van der Waals surface area contributed by atoms with Gasteiger partial charge in [0.2, 0.25) is 5.91 Å². The van der Waals surface area contributed by atoms with Crippen molar-refractivity contribution in [2.75, 3.05) is 13.2 Å². The summed E-state index contributed by atoms with van der Waals surface area (Å²) in [4.78, 5) is 38.9. The number of ether oxygens (including phenoxy) is 1. The number of aliphatic carboxylic acids is 1. The molecule has 2 aromatic rings. The maximum absolute atomic E-state index is 13.3. The van der Waals surface area contributed by atoms with Crippen molar-refractivity contribution >= 4 is 18.0 Å². The first-order chi connectivity index (χ1) is 16.2. The van der Waals surface area contributed by atoms with Gasteiger partial charge in [0.05, 0.1) is 6.10 Å². The van der Waals surface area contributed by atoms with E-state index in [1.807, 2.05) is 43.3 Å². The highest BCUT2D eigenvalue weighted by Gasteiger charge is 2.46. The number of carbonyl (C=O) groups is 3. The van der Waals surface area contributed by atoms with Gasteiger partial charge in [-0.15, -0.1) is 0 Å². The number of alkyl carbamates (subject to hydrolysis) is 1. The monoisotopic (exact) mass is 466 g/mol. The van der Waals surface area contributed by atoms with E-state index >= 15 is 0 Å². The number of carboxylic acids is 1. The SMILES string of the molecule is CCCC(C)(NC(=O)OCC1c2ccccc2-c2ccccc21)C(=O)N1CC(O)C[C@H]1C(=O)O. The lowest BCUT2D eigenvalue weighted by atomic mass is 9.94. The molecule has 0 spiro atoms. The average Bonchev–Trinajstić information content (AvgIpc) is 3.35. The third kappa shape index (κ3) is 4.37. The van der Waals surface area contributed by atoms with E-state index in [9.17, 15) is 24.6 Å². The molecule has 2 unspecified atom stereocenters. The number of benzene rings is 2. The van der Waals surface area contributed by atoms with Crippen molar-refractivity contribution in [3.8, 4) is 11.1 Å². The lowest BCUT2D eigenvalue weighted by Gasteiger charge is -2.34. The molecule has 2 aliphatic rings. The number of amides is 2. The molecule has 2 amide bonds. The zero-order chi connectivity index (χ0) is 24.5. The molecule has 3 atom stereocenters. The van der Waals surface area contributed by atoms with Gasteiger partial charge in [0.25, 0.3) is 0 Å². The van der Waals surface area contributed by atoms with Crippen molar-refractivity contribution in [2.45, 2.75) is 56.7 Å². The Bertz CT molecular complexity index is 1060. The van der Waals surface area contributed by atoms with Gasteiger partial charge < -0.3 is 25.2 Å².